The van der Waals surface area contributed by atoms with Crippen molar-refractivity contribution in [3.8, 4) is 0 Å². The molecule has 2 aliphatic rings. The summed E-state index contributed by atoms with van der Waals surface area (Å²) >= 11 is 14.2. The summed E-state index contributed by atoms with van der Waals surface area (Å²) in [6, 6.07) is 12.8. The number of carbonyl (C=O) groups excluding carboxylic acids is 2. The zero-order chi connectivity index (χ0) is 28.6. The predicted octanol–water partition coefficient (Wildman–Crippen LogP) is 5.58. The highest BCUT2D eigenvalue weighted by Gasteiger charge is 2.67. The van der Waals surface area contributed by atoms with Crippen molar-refractivity contribution in [2.24, 2.45) is 0 Å². The lowest BCUT2D eigenvalue weighted by molar-refractivity contribution is -0.124. The average Bonchev–Trinajstić information content (AvgIpc) is 3.60. The lowest BCUT2D eigenvalue weighted by Crippen LogP contribution is -2.48. The summed E-state index contributed by atoms with van der Waals surface area (Å²) in [7, 11) is 1.86. The Morgan fingerprint density at radius 2 is 2.02 bits per heavy atom. The van der Waals surface area contributed by atoms with E-state index in [2.05, 4.69) is 5.32 Å². The van der Waals surface area contributed by atoms with E-state index < -0.39 is 35.3 Å². The van der Waals surface area contributed by atoms with E-state index >= 15 is 4.39 Å². The number of aryl methyl sites for hydroxylation is 1. The summed E-state index contributed by atoms with van der Waals surface area (Å²) < 4.78 is 15.1. The second-order valence-corrected chi connectivity index (χ2v) is 12.5. The van der Waals surface area contributed by atoms with Crippen molar-refractivity contribution in [1.29, 1.82) is 0 Å². The first-order valence-corrected chi connectivity index (χ1v) is 14.9. The molecule has 2 aromatic carbocycles. The van der Waals surface area contributed by atoms with Crippen LogP contribution in [0, 0.1) is 5.82 Å². The van der Waals surface area contributed by atoms with Crippen LogP contribution in [-0.2, 0) is 21.4 Å². The van der Waals surface area contributed by atoms with Gasteiger partial charge < -0.3 is 15.5 Å². The third-order valence-electron chi connectivity index (χ3n) is 8.35. The fraction of sp³-hybridized carbons (Fsp3) is 0.400. The van der Waals surface area contributed by atoms with Gasteiger partial charge in [0.1, 0.15) is 11.2 Å². The highest BCUT2D eigenvalue weighted by Crippen LogP contribution is 2.59. The van der Waals surface area contributed by atoms with Crippen molar-refractivity contribution in [1.82, 2.24) is 4.90 Å². The van der Waals surface area contributed by atoms with Crippen LogP contribution in [0.4, 0.5) is 10.1 Å². The minimum atomic E-state index is -1.29. The number of halogens is 3. The number of thiophene rings is 1. The van der Waals surface area contributed by atoms with Gasteiger partial charge in [0.2, 0.25) is 5.91 Å². The number of aliphatic hydroxyl groups is 2. The van der Waals surface area contributed by atoms with Gasteiger partial charge in [0.05, 0.1) is 23.8 Å². The van der Waals surface area contributed by atoms with Gasteiger partial charge in [-0.05, 0) is 79.6 Å². The third-order valence-corrected chi connectivity index (χ3v) is 9.81. The van der Waals surface area contributed by atoms with Crippen LogP contribution in [0.3, 0.4) is 0 Å². The standard InChI is InChI=1S/C30H31Cl2FN2O4S/c1-35-26(11-10-20-8-4-12-40-20)30(21-14-23(33)22(32)15-24(21)34-29(30)39)27(17-5-2-6-18(31)13-17)28(35)25(38)9-3-7-19(37)16-36/h2,4-6,8,12-15,19,26-28,36-37H,3,7,9-11,16H2,1H3,(H,34,39)/t19-,26+,27-,28-,30-/m0/s1. The number of hydrogen-bond donors (Lipinski definition) is 3. The molecule has 6 nitrogen and oxygen atoms in total. The minimum Gasteiger partial charge on any atom is -0.394 e. The molecule has 2 aliphatic heterocycles. The van der Waals surface area contributed by atoms with E-state index in [1.54, 1.807) is 29.5 Å². The zero-order valence-electron chi connectivity index (χ0n) is 21.9. The first-order chi connectivity index (χ1) is 19.2. The van der Waals surface area contributed by atoms with Crippen molar-refractivity contribution in [2.45, 2.75) is 61.6 Å². The molecule has 1 fully saturated rings. The molecule has 5 rings (SSSR count). The summed E-state index contributed by atoms with van der Waals surface area (Å²) in [4.78, 5) is 31.4. The Bertz CT molecular complexity index is 1400. The molecule has 5 atom stereocenters. The molecule has 0 unspecified atom stereocenters. The number of ketones is 1. The molecule has 1 amide bonds. The average molecular weight is 606 g/mol. The molecule has 0 radical (unpaired) electrons. The number of Topliss-reactive ketones (excluding diaryl/α,β-unsaturated/α-hetero) is 1. The topological polar surface area (TPSA) is 89.9 Å². The van der Waals surface area contributed by atoms with E-state index in [0.717, 1.165) is 4.88 Å². The molecule has 212 valence electrons. The number of hydrogen-bond acceptors (Lipinski definition) is 6. The number of fused-ring (bicyclic) bond motifs is 2. The maximum atomic E-state index is 15.1. The van der Waals surface area contributed by atoms with E-state index in [1.807, 2.05) is 35.5 Å². The lowest BCUT2D eigenvalue weighted by Gasteiger charge is -2.36. The number of rotatable bonds is 10. The van der Waals surface area contributed by atoms with Gasteiger partial charge in [-0.1, -0.05) is 41.4 Å². The van der Waals surface area contributed by atoms with Gasteiger partial charge in [-0.2, -0.15) is 0 Å². The van der Waals surface area contributed by atoms with E-state index in [4.69, 9.17) is 23.2 Å². The van der Waals surface area contributed by atoms with Crippen molar-refractivity contribution >= 4 is 51.9 Å². The van der Waals surface area contributed by atoms with Gasteiger partial charge in [0, 0.05) is 34.0 Å². The molecule has 0 saturated carbocycles. The van der Waals surface area contributed by atoms with Gasteiger partial charge in [-0.3, -0.25) is 14.5 Å². The number of likely N-dealkylation sites (tertiary alicyclic amines) is 1. The Morgan fingerprint density at radius 1 is 1.23 bits per heavy atom. The van der Waals surface area contributed by atoms with Gasteiger partial charge in [-0.15, -0.1) is 11.3 Å². The zero-order valence-corrected chi connectivity index (χ0v) is 24.3. The largest absolute Gasteiger partial charge is 0.394 e. The van der Waals surface area contributed by atoms with Crippen molar-refractivity contribution in [3.63, 3.8) is 0 Å². The molecule has 10 heteroatoms. The Balaban J connectivity index is 1.67. The van der Waals surface area contributed by atoms with Crippen LogP contribution in [0.5, 0.6) is 0 Å². The third kappa shape index (κ3) is 5.10. The maximum Gasteiger partial charge on any atom is 0.237 e. The van der Waals surface area contributed by atoms with Crippen LogP contribution in [0.2, 0.25) is 10.0 Å². The quantitative estimate of drug-likeness (QED) is 0.281. The summed E-state index contributed by atoms with van der Waals surface area (Å²) in [5, 5.41) is 24.4. The Kier molecular flexibility index (Phi) is 8.66. The fourth-order valence-corrected chi connectivity index (χ4v) is 7.75. The van der Waals surface area contributed by atoms with Crippen LogP contribution in [0.1, 0.15) is 47.6 Å². The summed E-state index contributed by atoms with van der Waals surface area (Å²) in [5.74, 6) is -1.69. The Labute approximate surface area is 246 Å². The van der Waals surface area contributed by atoms with Crippen LogP contribution < -0.4 is 5.32 Å². The molecule has 3 aromatic rings. The van der Waals surface area contributed by atoms with Gasteiger partial charge >= 0.3 is 0 Å². The number of carbonyl (C=O) groups is 2. The molecule has 1 aromatic heterocycles. The van der Waals surface area contributed by atoms with Crippen molar-refractivity contribution in [3.05, 3.63) is 85.8 Å². The summed E-state index contributed by atoms with van der Waals surface area (Å²) in [6.45, 7) is -0.373. The second-order valence-electron chi connectivity index (χ2n) is 10.6. The molecular weight excluding hydrogens is 574 g/mol. The van der Waals surface area contributed by atoms with Crippen molar-refractivity contribution in [2.75, 3.05) is 19.0 Å². The van der Waals surface area contributed by atoms with E-state index in [-0.39, 0.29) is 36.2 Å². The van der Waals surface area contributed by atoms with Crippen LogP contribution in [-0.4, -0.2) is 58.6 Å². The highest BCUT2D eigenvalue weighted by atomic mass is 35.5. The molecule has 1 saturated heterocycles. The van der Waals surface area contributed by atoms with E-state index in [0.29, 0.717) is 41.1 Å². The molecule has 3 N–H and O–H groups in total. The summed E-state index contributed by atoms with van der Waals surface area (Å²) in [6.07, 6.45) is 1.15. The molecule has 40 heavy (non-hydrogen) atoms. The number of aliphatic hydroxyl groups excluding tert-OH is 2. The first-order valence-electron chi connectivity index (χ1n) is 13.3. The lowest BCUT2D eigenvalue weighted by atomic mass is 9.63. The minimum absolute atomic E-state index is 0.0908. The van der Waals surface area contributed by atoms with Gasteiger partial charge in [-0.25, -0.2) is 4.39 Å². The highest BCUT2D eigenvalue weighted by molar-refractivity contribution is 7.09. The number of nitrogens with one attached hydrogen (secondary N) is 1. The second kappa shape index (κ2) is 11.9. The smallest absolute Gasteiger partial charge is 0.237 e. The predicted molar refractivity (Wildman–Crippen MR) is 156 cm³/mol. The molecular formula is C30H31Cl2FN2O4S. The normalized spacial score (nSPS) is 24.9. The number of likely N-dealkylation sites (N-methyl/N-ethyl adjacent to an activating group) is 1. The van der Waals surface area contributed by atoms with E-state index in [9.17, 15) is 19.8 Å². The number of nitrogens with zero attached hydrogens (tertiary/aromatic N) is 1. The van der Waals surface area contributed by atoms with Crippen LogP contribution in [0.15, 0.2) is 53.9 Å². The van der Waals surface area contributed by atoms with E-state index in [1.165, 1.54) is 12.1 Å². The first kappa shape index (κ1) is 29.2. The van der Waals surface area contributed by atoms with Crippen LogP contribution in [0.25, 0.3) is 0 Å². The molecule has 3 heterocycles. The number of benzene rings is 2. The fourth-order valence-electron chi connectivity index (χ4n) is 6.66. The van der Waals surface area contributed by atoms with Crippen molar-refractivity contribution < 1.29 is 24.2 Å². The number of amides is 1. The SMILES string of the molecule is CN1[C@@H](C(=O)CCC[C@H](O)CO)[C@H](c2cccc(Cl)c2)[C@@]2(C(=O)Nc3cc(Cl)c(F)cc32)[C@H]1CCc1cccs1. The summed E-state index contributed by atoms with van der Waals surface area (Å²) in [5.41, 5.74) is 0.350. The molecule has 1 spiro atoms. The monoisotopic (exact) mass is 604 g/mol. The maximum absolute atomic E-state index is 15.1. The number of anilines is 1. The molecule has 0 aliphatic carbocycles. The molecule has 0 bridgehead atoms. The Hall–Kier alpha value is -2.33. The Morgan fingerprint density at radius 3 is 2.73 bits per heavy atom. The van der Waals surface area contributed by atoms with Gasteiger partial charge in [0.15, 0.2) is 5.78 Å². The van der Waals surface area contributed by atoms with Crippen LogP contribution >= 0.6 is 34.5 Å². The van der Waals surface area contributed by atoms with Gasteiger partial charge in [0.25, 0.3) is 0 Å².